The van der Waals surface area contributed by atoms with Gasteiger partial charge in [0, 0.05) is 10.7 Å². The zero-order valence-corrected chi connectivity index (χ0v) is 15.5. The second-order valence-electron chi connectivity index (χ2n) is 5.25. The van der Waals surface area contributed by atoms with Crippen molar-refractivity contribution in [3.8, 4) is 11.5 Å². The van der Waals surface area contributed by atoms with E-state index in [0.29, 0.717) is 27.2 Å². The van der Waals surface area contributed by atoms with Gasteiger partial charge in [-0.15, -0.1) is 0 Å². The summed E-state index contributed by atoms with van der Waals surface area (Å²) in [5, 5.41) is 13.3. The van der Waals surface area contributed by atoms with Gasteiger partial charge in [-0.25, -0.2) is 0 Å². The van der Waals surface area contributed by atoms with Crippen LogP contribution >= 0.6 is 23.2 Å². The first-order chi connectivity index (χ1) is 12.4. The lowest BCUT2D eigenvalue weighted by Crippen LogP contribution is -2.14. The summed E-state index contributed by atoms with van der Waals surface area (Å²) in [6, 6.07) is 11.7. The Bertz CT molecular complexity index is 867. The number of aliphatic hydroxyl groups is 1. The monoisotopic (exact) mass is 389 g/mol. The topological polar surface area (TPSA) is 58.6 Å². The Hall–Kier alpha value is -2.69. The van der Waals surface area contributed by atoms with Gasteiger partial charge in [0.1, 0.15) is 17.3 Å². The second-order valence-corrected chi connectivity index (χ2v) is 6.09. The van der Waals surface area contributed by atoms with Crippen LogP contribution < -0.4 is 10.1 Å². The van der Waals surface area contributed by atoms with Crippen LogP contribution in [0.1, 0.15) is 6.92 Å². The summed E-state index contributed by atoms with van der Waals surface area (Å²) >= 11 is 12.1. The SMILES string of the molecule is C=C/C=C\C(C(=O)Nc1ccc(Oc2ccc(Cl)cc2)c(Cl)c1)=C(/C)O. The molecule has 0 bridgehead atoms. The lowest BCUT2D eigenvalue weighted by atomic mass is 10.2. The molecule has 2 N–H and O–H groups in total. The minimum atomic E-state index is -0.467. The third-order valence-corrected chi connectivity index (χ3v) is 3.81. The van der Waals surface area contributed by atoms with Crippen LogP contribution in [0, 0.1) is 0 Å². The number of halogens is 2. The summed E-state index contributed by atoms with van der Waals surface area (Å²) in [4.78, 5) is 12.3. The molecule has 0 aromatic heterocycles. The maximum absolute atomic E-state index is 12.3. The molecule has 0 atom stereocenters. The minimum Gasteiger partial charge on any atom is -0.512 e. The summed E-state index contributed by atoms with van der Waals surface area (Å²) < 4.78 is 5.69. The van der Waals surface area contributed by atoms with Crippen molar-refractivity contribution in [2.24, 2.45) is 0 Å². The molecule has 0 radical (unpaired) electrons. The number of anilines is 1. The van der Waals surface area contributed by atoms with Gasteiger partial charge in [-0.05, 0) is 55.5 Å². The first kappa shape index (κ1) is 19.6. The van der Waals surface area contributed by atoms with Crippen LogP contribution in [0.25, 0.3) is 0 Å². The number of amides is 1. The molecule has 0 aliphatic rings. The van der Waals surface area contributed by atoms with E-state index in [1.807, 2.05) is 0 Å². The van der Waals surface area contributed by atoms with Gasteiger partial charge >= 0.3 is 0 Å². The average Bonchev–Trinajstić information content (AvgIpc) is 2.59. The number of carbonyl (C=O) groups excluding carboxylic acids is 1. The molecule has 0 saturated carbocycles. The molecular formula is C20H17Cl2NO3. The van der Waals surface area contributed by atoms with Gasteiger partial charge in [0.15, 0.2) is 0 Å². The molecule has 0 aliphatic carbocycles. The first-order valence-electron chi connectivity index (χ1n) is 7.64. The average molecular weight is 390 g/mol. The molecule has 0 unspecified atom stereocenters. The van der Waals surface area contributed by atoms with E-state index in [0.717, 1.165) is 0 Å². The second kappa shape index (κ2) is 9.13. The number of aliphatic hydroxyl groups excluding tert-OH is 1. The molecule has 4 nitrogen and oxygen atoms in total. The van der Waals surface area contributed by atoms with Crippen molar-refractivity contribution in [1.29, 1.82) is 0 Å². The summed E-state index contributed by atoms with van der Waals surface area (Å²) in [5.41, 5.74) is 0.594. The van der Waals surface area contributed by atoms with Crippen molar-refractivity contribution >= 4 is 34.8 Å². The summed E-state index contributed by atoms with van der Waals surface area (Å²) in [7, 11) is 0. The summed E-state index contributed by atoms with van der Waals surface area (Å²) in [6.07, 6.45) is 4.54. The van der Waals surface area contributed by atoms with Crippen molar-refractivity contribution in [2.75, 3.05) is 5.32 Å². The van der Waals surface area contributed by atoms with Crippen LogP contribution in [0.4, 0.5) is 5.69 Å². The molecule has 0 saturated heterocycles. The van der Waals surface area contributed by atoms with Crippen LogP contribution in [-0.4, -0.2) is 11.0 Å². The Kier molecular flexibility index (Phi) is 6.89. The Labute approximate surface area is 162 Å². The van der Waals surface area contributed by atoms with E-state index in [1.54, 1.807) is 48.5 Å². The quantitative estimate of drug-likeness (QED) is 0.346. The van der Waals surface area contributed by atoms with Gasteiger partial charge < -0.3 is 15.2 Å². The fourth-order valence-electron chi connectivity index (χ4n) is 2.01. The van der Waals surface area contributed by atoms with Gasteiger partial charge in [0.05, 0.1) is 10.6 Å². The minimum absolute atomic E-state index is 0.102. The van der Waals surface area contributed by atoms with Crippen LogP contribution in [0.5, 0.6) is 11.5 Å². The smallest absolute Gasteiger partial charge is 0.259 e. The van der Waals surface area contributed by atoms with Gasteiger partial charge in [-0.1, -0.05) is 41.9 Å². The molecule has 6 heteroatoms. The van der Waals surface area contributed by atoms with Gasteiger partial charge in [0.25, 0.3) is 5.91 Å². The Morgan fingerprint density at radius 1 is 1.19 bits per heavy atom. The van der Waals surface area contributed by atoms with Crippen LogP contribution in [0.15, 0.2) is 78.6 Å². The summed E-state index contributed by atoms with van der Waals surface area (Å²) in [6.45, 7) is 4.96. The highest BCUT2D eigenvalue weighted by atomic mass is 35.5. The third-order valence-electron chi connectivity index (χ3n) is 3.26. The molecule has 26 heavy (non-hydrogen) atoms. The van der Waals surface area contributed by atoms with E-state index in [4.69, 9.17) is 27.9 Å². The third kappa shape index (κ3) is 5.41. The van der Waals surface area contributed by atoms with Crippen molar-refractivity contribution < 1.29 is 14.6 Å². The van der Waals surface area contributed by atoms with E-state index >= 15 is 0 Å². The number of hydrogen-bond acceptors (Lipinski definition) is 3. The molecule has 0 heterocycles. The lowest BCUT2D eigenvalue weighted by molar-refractivity contribution is -0.112. The number of ether oxygens (including phenoxy) is 1. The molecule has 0 aliphatic heterocycles. The summed E-state index contributed by atoms with van der Waals surface area (Å²) in [5.74, 6) is 0.455. The number of carbonyl (C=O) groups is 1. The zero-order valence-electron chi connectivity index (χ0n) is 14.0. The van der Waals surface area contributed by atoms with E-state index < -0.39 is 5.91 Å². The Morgan fingerprint density at radius 2 is 1.88 bits per heavy atom. The number of hydrogen-bond donors (Lipinski definition) is 2. The van der Waals surface area contributed by atoms with Gasteiger partial charge in [-0.3, -0.25) is 4.79 Å². The van der Waals surface area contributed by atoms with Crippen LogP contribution in [0.2, 0.25) is 10.0 Å². The van der Waals surface area contributed by atoms with Gasteiger partial charge in [0.2, 0.25) is 0 Å². The number of benzene rings is 2. The zero-order chi connectivity index (χ0) is 19.1. The molecule has 0 spiro atoms. The molecule has 134 valence electrons. The Balaban J connectivity index is 2.14. The first-order valence-corrected chi connectivity index (χ1v) is 8.39. The van der Waals surface area contributed by atoms with Crippen LogP contribution in [0.3, 0.4) is 0 Å². The number of rotatable bonds is 6. The standard InChI is InChI=1S/C20H17Cl2NO3/c1-3-4-5-17(13(2)24)20(25)23-15-8-11-19(18(22)12-15)26-16-9-6-14(21)7-10-16/h3-12,24H,1H2,2H3,(H,23,25)/b5-4-,17-13-. The molecule has 2 rings (SSSR count). The van der Waals surface area contributed by atoms with E-state index in [2.05, 4.69) is 11.9 Å². The van der Waals surface area contributed by atoms with Crippen molar-refractivity contribution in [2.45, 2.75) is 6.92 Å². The predicted octanol–water partition coefficient (Wildman–Crippen LogP) is 6.30. The van der Waals surface area contributed by atoms with E-state index in [1.165, 1.54) is 19.1 Å². The molecule has 2 aromatic carbocycles. The highest BCUT2D eigenvalue weighted by Gasteiger charge is 2.12. The van der Waals surface area contributed by atoms with Crippen molar-refractivity contribution in [1.82, 2.24) is 0 Å². The number of allylic oxidation sites excluding steroid dienone is 3. The molecule has 2 aromatic rings. The Morgan fingerprint density at radius 3 is 2.46 bits per heavy atom. The maximum atomic E-state index is 12.3. The highest BCUT2D eigenvalue weighted by Crippen LogP contribution is 2.32. The van der Waals surface area contributed by atoms with E-state index in [-0.39, 0.29) is 11.3 Å². The fraction of sp³-hybridized carbons (Fsp3) is 0.0500. The largest absolute Gasteiger partial charge is 0.512 e. The van der Waals surface area contributed by atoms with Gasteiger partial charge in [-0.2, -0.15) is 0 Å². The molecular weight excluding hydrogens is 373 g/mol. The predicted molar refractivity (Wildman–Crippen MR) is 106 cm³/mol. The molecule has 1 amide bonds. The van der Waals surface area contributed by atoms with Crippen molar-refractivity contribution in [3.05, 3.63) is 88.6 Å². The normalized spacial score (nSPS) is 11.8. The molecule has 0 fully saturated rings. The van der Waals surface area contributed by atoms with Crippen LogP contribution in [-0.2, 0) is 4.79 Å². The fourth-order valence-corrected chi connectivity index (χ4v) is 2.36. The van der Waals surface area contributed by atoms with Crippen molar-refractivity contribution in [3.63, 3.8) is 0 Å². The lowest BCUT2D eigenvalue weighted by Gasteiger charge is -2.11. The highest BCUT2D eigenvalue weighted by molar-refractivity contribution is 6.32. The number of nitrogens with one attached hydrogen (secondary N) is 1. The maximum Gasteiger partial charge on any atom is 0.259 e. The van der Waals surface area contributed by atoms with E-state index in [9.17, 15) is 9.90 Å².